The Morgan fingerprint density at radius 3 is 2.48 bits per heavy atom. The zero-order valence-corrected chi connectivity index (χ0v) is 12.2. The number of hydrogen-bond donors (Lipinski definition) is 0. The van der Waals surface area contributed by atoms with E-state index < -0.39 is 5.63 Å². The van der Waals surface area contributed by atoms with Gasteiger partial charge in [-0.25, -0.2) is 4.79 Å². The van der Waals surface area contributed by atoms with Crippen molar-refractivity contribution in [3.63, 3.8) is 0 Å². The molecule has 0 saturated carbocycles. The second-order valence-electron chi connectivity index (χ2n) is 4.80. The lowest BCUT2D eigenvalue weighted by molar-refractivity contribution is 0.480. The van der Waals surface area contributed by atoms with Crippen molar-refractivity contribution in [3.8, 4) is 11.5 Å². The Hall–Kier alpha value is -2.26. The molecule has 106 valence electrons. The van der Waals surface area contributed by atoms with Crippen molar-refractivity contribution in [2.45, 2.75) is 12.8 Å². The molecule has 0 N–H and O–H groups in total. The van der Waals surface area contributed by atoms with E-state index >= 15 is 0 Å². The van der Waals surface area contributed by atoms with Crippen molar-refractivity contribution < 1.29 is 9.15 Å². The lowest BCUT2D eigenvalue weighted by atomic mass is 10.1. The molecule has 0 unspecified atom stereocenters. The first-order valence-corrected chi connectivity index (χ1v) is 7.06. The monoisotopic (exact) mass is 300 g/mol. The molecule has 0 atom stereocenters. The number of halogens is 1. The molecular formula is C17H13ClO3. The van der Waals surface area contributed by atoms with Crippen molar-refractivity contribution in [2.24, 2.45) is 0 Å². The van der Waals surface area contributed by atoms with E-state index in [1.165, 1.54) is 11.6 Å². The van der Waals surface area contributed by atoms with Crippen LogP contribution in [-0.2, 0) is 5.88 Å². The summed E-state index contributed by atoms with van der Waals surface area (Å²) in [7, 11) is 0. The van der Waals surface area contributed by atoms with E-state index in [1.54, 1.807) is 6.07 Å². The summed E-state index contributed by atoms with van der Waals surface area (Å²) in [5.41, 5.74) is 1.98. The van der Waals surface area contributed by atoms with Gasteiger partial charge in [0.25, 0.3) is 0 Å². The Morgan fingerprint density at radius 2 is 1.76 bits per heavy atom. The maximum atomic E-state index is 11.5. The number of ether oxygens (including phenoxy) is 1. The highest BCUT2D eigenvalue weighted by Crippen LogP contribution is 2.27. The average Bonchev–Trinajstić information content (AvgIpc) is 2.48. The highest BCUT2D eigenvalue weighted by Gasteiger charge is 2.07. The molecular weight excluding hydrogens is 288 g/mol. The van der Waals surface area contributed by atoms with Crippen molar-refractivity contribution in [1.82, 2.24) is 0 Å². The molecule has 0 fully saturated rings. The van der Waals surface area contributed by atoms with E-state index in [0.29, 0.717) is 11.3 Å². The van der Waals surface area contributed by atoms with Crippen LogP contribution in [0.25, 0.3) is 11.0 Å². The zero-order valence-electron chi connectivity index (χ0n) is 11.4. The molecule has 0 aliphatic carbocycles. The largest absolute Gasteiger partial charge is 0.457 e. The summed E-state index contributed by atoms with van der Waals surface area (Å²) >= 11 is 5.85. The normalized spacial score (nSPS) is 10.8. The van der Waals surface area contributed by atoms with Crippen LogP contribution in [0.5, 0.6) is 11.5 Å². The SMILES string of the molecule is Cc1ccc(Oc2ccc3c(CCl)cc(=O)oc3c2)cc1. The first-order chi connectivity index (χ1) is 10.2. The van der Waals surface area contributed by atoms with Gasteiger partial charge in [0.2, 0.25) is 0 Å². The van der Waals surface area contributed by atoms with Crippen molar-refractivity contribution in [2.75, 3.05) is 0 Å². The summed E-state index contributed by atoms with van der Waals surface area (Å²) in [6.07, 6.45) is 0. The van der Waals surface area contributed by atoms with Crippen LogP contribution >= 0.6 is 11.6 Å². The second-order valence-corrected chi connectivity index (χ2v) is 5.06. The van der Waals surface area contributed by atoms with Crippen molar-refractivity contribution in [3.05, 3.63) is 70.1 Å². The van der Waals surface area contributed by atoms with Crippen LogP contribution in [-0.4, -0.2) is 0 Å². The quantitative estimate of drug-likeness (QED) is 0.523. The standard InChI is InChI=1S/C17H13ClO3/c1-11-2-4-13(5-3-11)20-14-6-7-15-12(10-18)8-17(19)21-16(15)9-14/h2-9H,10H2,1H3. The molecule has 3 rings (SSSR count). The van der Waals surface area contributed by atoms with Gasteiger partial charge in [-0.2, -0.15) is 0 Å². The maximum absolute atomic E-state index is 11.5. The van der Waals surface area contributed by atoms with Crippen LogP contribution in [0.2, 0.25) is 0 Å². The van der Waals surface area contributed by atoms with Gasteiger partial charge in [0.1, 0.15) is 17.1 Å². The molecule has 2 aromatic carbocycles. The Labute approximate surface area is 126 Å². The third-order valence-electron chi connectivity index (χ3n) is 3.20. The van der Waals surface area contributed by atoms with Gasteiger partial charge >= 0.3 is 5.63 Å². The molecule has 0 spiro atoms. The number of benzene rings is 2. The topological polar surface area (TPSA) is 39.4 Å². The molecule has 0 aliphatic rings. The van der Waals surface area contributed by atoms with Gasteiger partial charge in [0, 0.05) is 23.4 Å². The zero-order chi connectivity index (χ0) is 14.8. The summed E-state index contributed by atoms with van der Waals surface area (Å²) in [6, 6.07) is 14.5. The van der Waals surface area contributed by atoms with Gasteiger partial charge in [0.05, 0.1) is 0 Å². The minimum absolute atomic E-state index is 0.264. The third kappa shape index (κ3) is 2.93. The molecule has 3 aromatic rings. The van der Waals surface area contributed by atoms with E-state index in [9.17, 15) is 4.79 Å². The summed E-state index contributed by atoms with van der Waals surface area (Å²) in [4.78, 5) is 11.5. The summed E-state index contributed by atoms with van der Waals surface area (Å²) < 4.78 is 11.0. The first-order valence-electron chi connectivity index (χ1n) is 6.53. The molecule has 21 heavy (non-hydrogen) atoms. The predicted octanol–water partition coefficient (Wildman–Crippen LogP) is 4.63. The fourth-order valence-corrected chi connectivity index (χ4v) is 2.35. The number of rotatable bonds is 3. The van der Waals surface area contributed by atoms with Crippen molar-refractivity contribution in [1.29, 1.82) is 0 Å². The van der Waals surface area contributed by atoms with Gasteiger partial charge in [-0.1, -0.05) is 17.7 Å². The highest BCUT2D eigenvalue weighted by atomic mass is 35.5. The first kappa shape index (κ1) is 13.7. The molecule has 0 aliphatic heterocycles. The molecule has 0 amide bonds. The molecule has 0 radical (unpaired) electrons. The van der Waals surface area contributed by atoms with Crippen LogP contribution in [0.15, 0.2) is 57.7 Å². The van der Waals surface area contributed by atoms with Gasteiger partial charge in [-0.05, 0) is 36.8 Å². The van der Waals surface area contributed by atoms with Crippen LogP contribution in [0.1, 0.15) is 11.1 Å². The molecule has 0 saturated heterocycles. The van der Waals surface area contributed by atoms with Gasteiger partial charge in [-0.15, -0.1) is 11.6 Å². The van der Waals surface area contributed by atoms with Crippen molar-refractivity contribution >= 4 is 22.6 Å². The Morgan fingerprint density at radius 1 is 1.05 bits per heavy atom. The Balaban J connectivity index is 2.01. The summed E-state index contributed by atoms with van der Waals surface area (Å²) in [5.74, 6) is 1.61. The average molecular weight is 301 g/mol. The van der Waals surface area contributed by atoms with Gasteiger partial charge in [0.15, 0.2) is 0 Å². The van der Waals surface area contributed by atoms with Gasteiger partial charge in [-0.3, -0.25) is 0 Å². The van der Waals surface area contributed by atoms with Gasteiger partial charge < -0.3 is 9.15 Å². The number of aryl methyl sites for hydroxylation is 1. The number of fused-ring (bicyclic) bond motifs is 1. The van der Waals surface area contributed by atoms with Crippen LogP contribution in [0.4, 0.5) is 0 Å². The maximum Gasteiger partial charge on any atom is 0.336 e. The molecule has 1 heterocycles. The smallest absolute Gasteiger partial charge is 0.336 e. The highest BCUT2D eigenvalue weighted by molar-refractivity contribution is 6.17. The van der Waals surface area contributed by atoms with E-state index in [2.05, 4.69) is 0 Å². The lowest BCUT2D eigenvalue weighted by Gasteiger charge is -2.08. The molecule has 4 heteroatoms. The molecule has 3 nitrogen and oxygen atoms in total. The van der Waals surface area contributed by atoms with E-state index in [4.69, 9.17) is 20.8 Å². The fourth-order valence-electron chi connectivity index (χ4n) is 2.13. The van der Waals surface area contributed by atoms with E-state index in [-0.39, 0.29) is 5.88 Å². The minimum atomic E-state index is -0.411. The number of hydrogen-bond acceptors (Lipinski definition) is 3. The fraction of sp³-hybridized carbons (Fsp3) is 0.118. The Bertz CT molecular complexity index is 835. The molecule has 0 bridgehead atoms. The van der Waals surface area contributed by atoms with E-state index in [0.717, 1.165) is 16.7 Å². The van der Waals surface area contributed by atoms with E-state index in [1.807, 2.05) is 43.3 Å². The summed E-state index contributed by atoms with van der Waals surface area (Å²) in [5, 5.41) is 0.820. The third-order valence-corrected chi connectivity index (χ3v) is 3.49. The second kappa shape index (κ2) is 5.62. The summed E-state index contributed by atoms with van der Waals surface area (Å²) in [6.45, 7) is 2.02. The van der Waals surface area contributed by atoms with Crippen LogP contribution < -0.4 is 10.4 Å². The molecule has 1 aromatic heterocycles. The van der Waals surface area contributed by atoms with Crippen LogP contribution in [0.3, 0.4) is 0 Å². The predicted molar refractivity (Wildman–Crippen MR) is 83.3 cm³/mol. The number of alkyl halides is 1. The Kier molecular flexibility index (Phi) is 3.67. The minimum Gasteiger partial charge on any atom is -0.457 e. The lowest BCUT2D eigenvalue weighted by Crippen LogP contribution is -1.99. The van der Waals surface area contributed by atoms with Crippen LogP contribution in [0, 0.1) is 6.92 Å².